The first-order valence-electron chi connectivity index (χ1n) is 4.99. The van der Waals surface area contributed by atoms with Gasteiger partial charge in [0.2, 0.25) is 11.8 Å². The Kier molecular flexibility index (Phi) is 3.34. The van der Waals surface area contributed by atoms with Gasteiger partial charge in [-0.25, -0.2) is 0 Å². The number of nitrogens with one attached hydrogen (secondary N) is 2. The molecule has 0 aromatic carbocycles. The van der Waals surface area contributed by atoms with Gasteiger partial charge in [0.05, 0.1) is 6.04 Å². The molecule has 2 amide bonds. The highest BCUT2D eigenvalue weighted by Crippen LogP contribution is 2.15. The van der Waals surface area contributed by atoms with Gasteiger partial charge in [0.1, 0.15) is 6.04 Å². The summed E-state index contributed by atoms with van der Waals surface area (Å²) in [7, 11) is 0. The molecular weight excluding hydrogens is 194 g/mol. The molecular formula is C10H17N3O2. The van der Waals surface area contributed by atoms with Crippen LogP contribution in [-0.2, 0) is 9.59 Å². The fourth-order valence-corrected chi connectivity index (χ4v) is 1.48. The number of carbonyl (C=O) groups is 2. The van der Waals surface area contributed by atoms with E-state index in [1.165, 1.54) is 6.08 Å². The van der Waals surface area contributed by atoms with Crippen LogP contribution in [0.5, 0.6) is 0 Å². The summed E-state index contributed by atoms with van der Waals surface area (Å²) < 4.78 is 0. The Hall–Kier alpha value is -1.52. The third-order valence-electron chi connectivity index (χ3n) is 2.40. The second-order valence-electron chi connectivity index (χ2n) is 4.10. The first kappa shape index (κ1) is 11.6. The fourth-order valence-electron chi connectivity index (χ4n) is 1.48. The SMILES string of the molecule is CC(C)[C@@H]1NC(=O)C=C1N[C@H](C)C(N)=O. The summed E-state index contributed by atoms with van der Waals surface area (Å²) in [6.07, 6.45) is 1.48. The molecule has 15 heavy (non-hydrogen) atoms. The molecule has 0 aromatic heterocycles. The number of hydrogen-bond acceptors (Lipinski definition) is 3. The van der Waals surface area contributed by atoms with Crippen molar-refractivity contribution in [2.24, 2.45) is 11.7 Å². The summed E-state index contributed by atoms with van der Waals surface area (Å²) in [6, 6.07) is -0.524. The highest BCUT2D eigenvalue weighted by Gasteiger charge is 2.27. The van der Waals surface area contributed by atoms with Crippen LogP contribution in [0.1, 0.15) is 20.8 Å². The van der Waals surface area contributed by atoms with E-state index < -0.39 is 11.9 Å². The van der Waals surface area contributed by atoms with E-state index in [-0.39, 0.29) is 17.9 Å². The third-order valence-corrected chi connectivity index (χ3v) is 2.40. The summed E-state index contributed by atoms with van der Waals surface area (Å²) in [5.41, 5.74) is 5.87. The monoisotopic (exact) mass is 211 g/mol. The van der Waals surface area contributed by atoms with Crippen LogP contribution >= 0.6 is 0 Å². The molecule has 4 N–H and O–H groups in total. The molecule has 1 rings (SSSR count). The van der Waals surface area contributed by atoms with Gasteiger partial charge in [-0.2, -0.15) is 0 Å². The summed E-state index contributed by atoms with van der Waals surface area (Å²) >= 11 is 0. The number of hydrogen-bond donors (Lipinski definition) is 3. The lowest BCUT2D eigenvalue weighted by Crippen LogP contribution is -2.43. The smallest absolute Gasteiger partial charge is 0.246 e. The Morgan fingerprint density at radius 1 is 1.53 bits per heavy atom. The second kappa shape index (κ2) is 4.33. The average molecular weight is 211 g/mol. The minimum atomic E-state index is -0.467. The van der Waals surface area contributed by atoms with E-state index in [0.717, 1.165) is 5.70 Å². The number of primary amides is 1. The van der Waals surface area contributed by atoms with Crippen molar-refractivity contribution in [1.29, 1.82) is 0 Å². The van der Waals surface area contributed by atoms with Crippen molar-refractivity contribution in [2.75, 3.05) is 0 Å². The molecule has 84 valence electrons. The van der Waals surface area contributed by atoms with E-state index in [1.807, 2.05) is 13.8 Å². The Labute approximate surface area is 89.1 Å². The third kappa shape index (κ3) is 2.71. The van der Waals surface area contributed by atoms with Gasteiger partial charge in [-0.15, -0.1) is 0 Å². The molecule has 0 unspecified atom stereocenters. The lowest BCUT2D eigenvalue weighted by atomic mass is 10.0. The predicted molar refractivity (Wildman–Crippen MR) is 56.6 cm³/mol. The number of amides is 2. The van der Waals surface area contributed by atoms with Gasteiger partial charge in [-0.05, 0) is 12.8 Å². The van der Waals surface area contributed by atoms with Gasteiger partial charge in [0, 0.05) is 11.8 Å². The largest absolute Gasteiger partial charge is 0.375 e. The molecule has 0 saturated carbocycles. The van der Waals surface area contributed by atoms with Crippen molar-refractivity contribution in [3.8, 4) is 0 Å². The quantitative estimate of drug-likeness (QED) is 0.585. The van der Waals surface area contributed by atoms with Crippen LogP contribution < -0.4 is 16.4 Å². The van der Waals surface area contributed by atoms with E-state index in [9.17, 15) is 9.59 Å². The van der Waals surface area contributed by atoms with Crippen LogP contribution in [0.25, 0.3) is 0 Å². The maximum atomic E-state index is 11.2. The molecule has 0 aromatic rings. The van der Waals surface area contributed by atoms with Crippen LogP contribution in [0.4, 0.5) is 0 Å². The molecule has 0 radical (unpaired) electrons. The van der Waals surface area contributed by atoms with E-state index >= 15 is 0 Å². The molecule has 1 aliphatic rings. The summed E-state index contributed by atoms with van der Waals surface area (Å²) in [5, 5.41) is 5.74. The minimum absolute atomic E-state index is 0.0562. The fraction of sp³-hybridized carbons (Fsp3) is 0.600. The van der Waals surface area contributed by atoms with E-state index in [0.29, 0.717) is 0 Å². The van der Waals surface area contributed by atoms with Crippen molar-refractivity contribution in [2.45, 2.75) is 32.9 Å². The maximum absolute atomic E-state index is 11.2. The van der Waals surface area contributed by atoms with Crippen LogP contribution in [0.15, 0.2) is 11.8 Å². The van der Waals surface area contributed by atoms with Crippen molar-refractivity contribution in [1.82, 2.24) is 10.6 Å². The van der Waals surface area contributed by atoms with Crippen molar-refractivity contribution in [3.05, 3.63) is 11.8 Å². The highest BCUT2D eigenvalue weighted by molar-refractivity contribution is 5.92. The van der Waals surface area contributed by atoms with E-state index in [1.54, 1.807) is 6.92 Å². The molecule has 5 heteroatoms. The lowest BCUT2D eigenvalue weighted by Gasteiger charge is -2.22. The topological polar surface area (TPSA) is 84.2 Å². The first-order valence-corrected chi connectivity index (χ1v) is 4.99. The molecule has 2 atom stereocenters. The van der Waals surface area contributed by atoms with Gasteiger partial charge < -0.3 is 16.4 Å². The summed E-state index contributed by atoms with van der Waals surface area (Å²) in [6.45, 7) is 5.67. The van der Waals surface area contributed by atoms with Crippen LogP contribution in [0.3, 0.4) is 0 Å². The molecule has 1 heterocycles. The van der Waals surface area contributed by atoms with Crippen molar-refractivity contribution in [3.63, 3.8) is 0 Å². The number of nitrogens with two attached hydrogens (primary N) is 1. The van der Waals surface area contributed by atoms with Crippen LogP contribution in [0, 0.1) is 5.92 Å². The summed E-state index contributed by atoms with van der Waals surface area (Å²) in [4.78, 5) is 22.0. The lowest BCUT2D eigenvalue weighted by molar-refractivity contribution is -0.119. The van der Waals surface area contributed by atoms with E-state index in [2.05, 4.69) is 10.6 Å². The zero-order valence-corrected chi connectivity index (χ0v) is 9.20. The van der Waals surface area contributed by atoms with E-state index in [4.69, 9.17) is 5.73 Å². The zero-order chi connectivity index (χ0) is 11.6. The molecule has 5 nitrogen and oxygen atoms in total. The predicted octanol–water partition coefficient (Wildman–Crippen LogP) is -0.512. The number of carbonyl (C=O) groups excluding carboxylic acids is 2. The minimum Gasteiger partial charge on any atom is -0.375 e. The van der Waals surface area contributed by atoms with Gasteiger partial charge in [0.25, 0.3) is 0 Å². The molecule has 1 aliphatic heterocycles. The molecule has 0 aliphatic carbocycles. The maximum Gasteiger partial charge on any atom is 0.246 e. The van der Waals surface area contributed by atoms with Gasteiger partial charge in [0.15, 0.2) is 0 Å². The molecule has 0 fully saturated rings. The molecule has 0 spiro atoms. The van der Waals surface area contributed by atoms with Crippen molar-refractivity contribution >= 4 is 11.8 Å². The van der Waals surface area contributed by atoms with Crippen LogP contribution in [0.2, 0.25) is 0 Å². The average Bonchev–Trinajstić information content (AvgIpc) is 2.46. The summed E-state index contributed by atoms with van der Waals surface area (Å²) in [5.74, 6) is -0.291. The Morgan fingerprint density at radius 3 is 2.60 bits per heavy atom. The Balaban J connectivity index is 2.70. The van der Waals surface area contributed by atoms with Crippen molar-refractivity contribution < 1.29 is 9.59 Å². The number of rotatable bonds is 4. The Bertz CT molecular complexity index is 310. The first-order chi connectivity index (χ1) is 6.91. The molecule has 0 saturated heterocycles. The second-order valence-corrected chi connectivity index (χ2v) is 4.10. The zero-order valence-electron chi connectivity index (χ0n) is 9.20. The Morgan fingerprint density at radius 2 is 2.13 bits per heavy atom. The standard InChI is InChI=1S/C10H17N3O2/c1-5(2)9-7(4-8(14)13-9)12-6(3)10(11)15/h4-6,9,12H,1-3H3,(H2,11,15)(H,13,14)/t6-,9+/m1/s1. The van der Waals surface area contributed by atoms with Gasteiger partial charge in [-0.1, -0.05) is 13.8 Å². The highest BCUT2D eigenvalue weighted by atomic mass is 16.2. The molecule has 0 bridgehead atoms. The van der Waals surface area contributed by atoms with Crippen LogP contribution in [-0.4, -0.2) is 23.9 Å². The van der Waals surface area contributed by atoms with Gasteiger partial charge >= 0.3 is 0 Å². The van der Waals surface area contributed by atoms with Gasteiger partial charge in [-0.3, -0.25) is 9.59 Å². The normalized spacial score (nSPS) is 22.3.